The van der Waals surface area contributed by atoms with Crippen molar-refractivity contribution >= 4 is 35.0 Å². The molecule has 2 N–H and O–H groups in total. The molecule has 2 aliphatic heterocycles. The van der Waals surface area contributed by atoms with Crippen molar-refractivity contribution in [2.45, 2.75) is 32.1 Å². The molecular weight excluding hydrogens is 460 g/mol. The number of anilines is 2. The number of hydrogen-bond acceptors (Lipinski definition) is 5. The molecule has 4 amide bonds. The molecule has 36 heavy (non-hydrogen) atoms. The minimum absolute atomic E-state index is 0.00128. The molecule has 0 spiro atoms. The van der Waals surface area contributed by atoms with Crippen molar-refractivity contribution in [2.75, 3.05) is 43.0 Å². The molecule has 0 atom stereocenters. The molecular formula is C27H32N4O5. The van der Waals surface area contributed by atoms with Gasteiger partial charge in [-0.3, -0.25) is 19.2 Å². The molecule has 2 aliphatic rings. The number of benzene rings is 2. The van der Waals surface area contributed by atoms with Crippen molar-refractivity contribution in [3.8, 4) is 5.75 Å². The van der Waals surface area contributed by atoms with Gasteiger partial charge in [-0.2, -0.15) is 0 Å². The lowest BCUT2D eigenvalue weighted by molar-refractivity contribution is -0.136. The maximum absolute atomic E-state index is 12.4. The number of ether oxygens (including phenoxy) is 1. The Hall–Kier alpha value is -3.88. The Kier molecular flexibility index (Phi) is 8.54. The summed E-state index contributed by atoms with van der Waals surface area (Å²) < 4.78 is 5.54. The number of carbonyl (C=O) groups is 4. The van der Waals surface area contributed by atoms with Crippen molar-refractivity contribution < 1.29 is 23.9 Å². The first-order chi connectivity index (χ1) is 17.5. The Bertz CT molecular complexity index is 1080. The fourth-order valence-electron chi connectivity index (χ4n) is 4.48. The number of rotatable bonds is 7. The van der Waals surface area contributed by atoms with Crippen LogP contribution in [-0.2, 0) is 19.2 Å². The fraction of sp³-hybridized carbons (Fsp3) is 0.407. The summed E-state index contributed by atoms with van der Waals surface area (Å²) in [5, 5.41) is 5.32. The van der Waals surface area contributed by atoms with E-state index in [9.17, 15) is 19.2 Å². The third-order valence-corrected chi connectivity index (χ3v) is 6.57. The van der Waals surface area contributed by atoms with Gasteiger partial charge >= 0.3 is 11.8 Å². The summed E-state index contributed by atoms with van der Waals surface area (Å²) in [6, 6.07) is 16.2. The Morgan fingerprint density at radius 3 is 2.44 bits per heavy atom. The zero-order chi connectivity index (χ0) is 25.3. The number of nitrogens with zero attached hydrogens (tertiary/aromatic N) is 2. The molecule has 2 saturated heterocycles. The number of para-hydroxylation sites is 1. The molecule has 0 unspecified atom stereocenters. The molecule has 0 bridgehead atoms. The summed E-state index contributed by atoms with van der Waals surface area (Å²) >= 11 is 0. The highest BCUT2D eigenvalue weighted by Crippen LogP contribution is 2.24. The molecule has 0 aliphatic carbocycles. The van der Waals surface area contributed by atoms with Crippen LogP contribution < -0.4 is 20.3 Å². The average Bonchev–Trinajstić information content (AvgIpc) is 2.91. The van der Waals surface area contributed by atoms with Gasteiger partial charge in [0.15, 0.2) is 6.61 Å². The number of hydrogen-bond donors (Lipinski definition) is 2. The van der Waals surface area contributed by atoms with Crippen molar-refractivity contribution in [3.05, 3.63) is 54.6 Å². The molecule has 2 fully saturated rings. The molecule has 0 saturated carbocycles. The summed E-state index contributed by atoms with van der Waals surface area (Å²) in [5.41, 5.74) is 1.18. The zero-order valence-corrected chi connectivity index (χ0v) is 20.3. The van der Waals surface area contributed by atoms with E-state index in [0.29, 0.717) is 49.7 Å². The van der Waals surface area contributed by atoms with Gasteiger partial charge in [-0.25, -0.2) is 0 Å². The Morgan fingerprint density at radius 2 is 1.69 bits per heavy atom. The number of carbonyl (C=O) groups excluding carboxylic acids is 4. The molecule has 2 aromatic carbocycles. The highest BCUT2D eigenvalue weighted by Gasteiger charge is 2.25. The molecule has 2 heterocycles. The Labute approximate surface area is 210 Å². The van der Waals surface area contributed by atoms with E-state index in [4.69, 9.17) is 4.74 Å². The first-order valence-corrected chi connectivity index (χ1v) is 12.4. The smallest absolute Gasteiger partial charge is 0.313 e. The van der Waals surface area contributed by atoms with Gasteiger partial charge in [0.25, 0.3) is 5.91 Å². The first-order valence-electron chi connectivity index (χ1n) is 12.4. The second-order valence-electron chi connectivity index (χ2n) is 9.14. The zero-order valence-electron chi connectivity index (χ0n) is 20.3. The summed E-state index contributed by atoms with van der Waals surface area (Å²) in [7, 11) is 0. The first kappa shape index (κ1) is 25.2. The topological polar surface area (TPSA) is 108 Å². The van der Waals surface area contributed by atoms with E-state index in [2.05, 4.69) is 10.6 Å². The summed E-state index contributed by atoms with van der Waals surface area (Å²) in [6.45, 7) is 2.20. The van der Waals surface area contributed by atoms with E-state index < -0.39 is 11.8 Å². The minimum Gasteiger partial charge on any atom is -0.484 e. The highest BCUT2D eigenvalue weighted by atomic mass is 16.5. The van der Waals surface area contributed by atoms with Gasteiger partial charge in [0.2, 0.25) is 5.91 Å². The quantitative estimate of drug-likeness (QED) is 0.578. The van der Waals surface area contributed by atoms with Gasteiger partial charge in [-0.15, -0.1) is 0 Å². The van der Waals surface area contributed by atoms with Crippen molar-refractivity contribution in [1.82, 2.24) is 10.2 Å². The van der Waals surface area contributed by atoms with Crippen LogP contribution in [0.25, 0.3) is 0 Å². The van der Waals surface area contributed by atoms with Gasteiger partial charge < -0.3 is 25.2 Å². The van der Waals surface area contributed by atoms with Crippen LogP contribution in [0.2, 0.25) is 0 Å². The molecule has 4 rings (SSSR count). The molecule has 9 heteroatoms. The van der Waals surface area contributed by atoms with E-state index in [-0.39, 0.29) is 24.3 Å². The number of likely N-dealkylation sites (tertiary alicyclic amines) is 1. The second kappa shape index (κ2) is 12.2. The SMILES string of the molecule is O=C(NCC1CCN(C(=O)COc2ccccc2)CC1)C(=O)Nc1cccc(N2CCCCC2=O)c1. The molecule has 190 valence electrons. The number of nitrogens with one attached hydrogen (secondary N) is 2. The summed E-state index contributed by atoms with van der Waals surface area (Å²) in [5.74, 6) is -0.595. The predicted octanol–water partition coefficient (Wildman–Crippen LogP) is 2.58. The monoisotopic (exact) mass is 492 g/mol. The normalized spacial score (nSPS) is 16.4. The average molecular weight is 493 g/mol. The maximum Gasteiger partial charge on any atom is 0.313 e. The lowest BCUT2D eigenvalue weighted by Gasteiger charge is -2.32. The van der Waals surface area contributed by atoms with Crippen LogP contribution in [0.4, 0.5) is 11.4 Å². The van der Waals surface area contributed by atoms with Gasteiger partial charge in [-0.05, 0) is 61.9 Å². The largest absolute Gasteiger partial charge is 0.484 e. The molecule has 0 aromatic heterocycles. The molecule has 0 radical (unpaired) electrons. The van der Waals surface area contributed by atoms with Crippen LogP contribution in [0.1, 0.15) is 32.1 Å². The van der Waals surface area contributed by atoms with Crippen LogP contribution in [0.5, 0.6) is 5.75 Å². The van der Waals surface area contributed by atoms with Gasteiger partial charge in [0.1, 0.15) is 5.75 Å². The van der Waals surface area contributed by atoms with Crippen LogP contribution in [0.3, 0.4) is 0 Å². The molecule has 2 aromatic rings. The van der Waals surface area contributed by atoms with Crippen molar-refractivity contribution in [3.63, 3.8) is 0 Å². The van der Waals surface area contributed by atoms with E-state index in [1.54, 1.807) is 28.0 Å². The second-order valence-corrected chi connectivity index (χ2v) is 9.14. The summed E-state index contributed by atoms with van der Waals surface area (Å²) in [4.78, 5) is 52.8. The van der Waals surface area contributed by atoms with E-state index in [1.165, 1.54) is 0 Å². The van der Waals surface area contributed by atoms with Crippen molar-refractivity contribution in [2.24, 2.45) is 5.92 Å². The van der Waals surface area contributed by atoms with Gasteiger partial charge in [-0.1, -0.05) is 24.3 Å². The van der Waals surface area contributed by atoms with E-state index >= 15 is 0 Å². The number of amides is 4. The van der Waals surface area contributed by atoms with E-state index in [0.717, 1.165) is 25.7 Å². The van der Waals surface area contributed by atoms with Gasteiger partial charge in [0, 0.05) is 44.0 Å². The third kappa shape index (κ3) is 6.84. The predicted molar refractivity (Wildman–Crippen MR) is 136 cm³/mol. The third-order valence-electron chi connectivity index (χ3n) is 6.57. The minimum atomic E-state index is -0.747. The Morgan fingerprint density at radius 1 is 0.917 bits per heavy atom. The highest BCUT2D eigenvalue weighted by molar-refractivity contribution is 6.39. The van der Waals surface area contributed by atoms with Crippen LogP contribution in [-0.4, -0.2) is 61.3 Å². The number of piperidine rings is 2. The van der Waals surface area contributed by atoms with Crippen molar-refractivity contribution in [1.29, 1.82) is 0 Å². The lowest BCUT2D eigenvalue weighted by atomic mass is 9.96. The Balaban J connectivity index is 1.18. The van der Waals surface area contributed by atoms with Crippen LogP contribution >= 0.6 is 0 Å². The van der Waals surface area contributed by atoms with Crippen LogP contribution in [0.15, 0.2) is 54.6 Å². The lowest BCUT2D eigenvalue weighted by Crippen LogP contribution is -2.44. The summed E-state index contributed by atoms with van der Waals surface area (Å²) in [6.07, 6.45) is 3.84. The fourth-order valence-corrected chi connectivity index (χ4v) is 4.48. The standard InChI is InChI=1S/C27H32N4O5/c32-24-11-4-5-14-31(24)22-8-6-7-21(17-22)29-27(35)26(34)28-18-20-12-15-30(16-13-20)25(33)19-36-23-9-2-1-3-10-23/h1-3,6-10,17,20H,4-5,11-16,18-19H2,(H,28,34)(H,29,35). The maximum atomic E-state index is 12.4. The van der Waals surface area contributed by atoms with Crippen LogP contribution in [0, 0.1) is 5.92 Å². The van der Waals surface area contributed by atoms with Gasteiger partial charge in [0.05, 0.1) is 0 Å². The molecule has 9 nitrogen and oxygen atoms in total. The van der Waals surface area contributed by atoms with E-state index in [1.807, 2.05) is 36.4 Å².